The van der Waals surface area contributed by atoms with E-state index < -0.39 is 0 Å². The summed E-state index contributed by atoms with van der Waals surface area (Å²) >= 11 is 0. The Balaban J connectivity index is 1.26. The topological polar surface area (TPSA) is 63.5 Å². The normalized spacial score (nSPS) is 19.1. The molecule has 0 spiro atoms. The van der Waals surface area contributed by atoms with Crippen LogP contribution in [0.5, 0.6) is 0 Å². The van der Waals surface area contributed by atoms with E-state index in [9.17, 15) is 10.1 Å². The third-order valence-corrected chi connectivity index (χ3v) is 6.72. The number of piperidine rings is 1. The van der Waals surface area contributed by atoms with Crippen LogP contribution >= 0.6 is 0 Å². The van der Waals surface area contributed by atoms with Gasteiger partial charge in [0, 0.05) is 45.5 Å². The number of carbonyl (C=O) groups is 1. The van der Waals surface area contributed by atoms with E-state index in [1.807, 2.05) is 13.0 Å². The molecular weight excluding hydrogens is 386 g/mol. The summed E-state index contributed by atoms with van der Waals surface area (Å²) in [6.45, 7) is 6.93. The molecule has 162 valence electrons. The van der Waals surface area contributed by atoms with Crippen molar-refractivity contribution in [3.05, 3.63) is 59.8 Å². The largest absolute Gasteiger partial charge is 0.353 e. The molecule has 0 radical (unpaired) electrons. The first-order valence-corrected chi connectivity index (χ1v) is 11.3. The molecule has 6 heteroatoms. The van der Waals surface area contributed by atoms with Crippen molar-refractivity contribution in [1.82, 2.24) is 14.8 Å². The van der Waals surface area contributed by atoms with Crippen LogP contribution in [-0.2, 0) is 11.2 Å². The van der Waals surface area contributed by atoms with Crippen LogP contribution in [0.15, 0.2) is 48.7 Å². The van der Waals surface area contributed by atoms with Gasteiger partial charge in [-0.2, -0.15) is 5.26 Å². The molecule has 31 heavy (non-hydrogen) atoms. The molecule has 1 atom stereocenters. The van der Waals surface area contributed by atoms with Gasteiger partial charge in [0.05, 0.1) is 11.6 Å². The standard InChI is InChI=1S/C25H31N5O/c1-20(28-14-16-29(17-15-28)24-23(19-26)8-5-11-27-24)25(31)30-12-9-22(10-13-30)18-21-6-3-2-4-7-21/h2-8,11,20,22H,9-10,12-18H2,1H3. The Morgan fingerprint density at radius 2 is 1.77 bits per heavy atom. The van der Waals surface area contributed by atoms with E-state index in [2.05, 4.69) is 56.1 Å². The smallest absolute Gasteiger partial charge is 0.239 e. The van der Waals surface area contributed by atoms with Crippen molar-refractivity contribution in [2.24, 2.45) is 5.92 Å². The number of hydrogen-bond donors (Lipinski definition) is 0. The molecule has 4 rings (SSSR count). The summed E-state index contributed by atoms with van der Waals surface area (Å²) in [7, 11) is 0. The van der Waals surface area contributed by atoms with E-state index in [0.29, 0.717) is 11.5 Å². The number of amides is 1. The minimum absolute atomic E-state index is 0.105. The average Bonchev–Trinajstić information content (AvgIpc) is 2.84. The Morgan fingerprint density at radius 3 is 2.45 bits per heavy atom. The number of aromatic nitrogens is 1. The summed E-state index contributed by atoms with van der Waals surface area (Å²) in [6.07, 6.45) is 5.00. The van der Waals surface area contributed by atoms with Gasteiger partial charge in [-0.3, -0.25) is 9.69 Å². The molecule has 3 heterocycles. The molecule has 2 fully saturated rings. The zero-order valence-corrected chi connectivity index (χ0v) is 18.3. The van der Waals surface area contributed by atoms with Gasteiger partial charge in [-0.15, -0.1) is 0 Å². The summed E-state index contributed by atoms with van der Waals surface area (Å²) in [5, 5.41) is 9.33. The van der Waals surface area contributed by atoms with Gasteiger partial charge in [0.2, 0.25) is 5.91 Å². The number of piperazine rings is 1. The highest BCUT2D eigenvalue weighted by atomic mass is 16.2. The van der Waals surface area contributed by atoms with Gasteiger partial charge in [0.25, 0.3) is 0 Å². The van der Waals surface area contributed by atoms with Crippen molar-refractivity contribution >= 4 is 11.7 Å². The van der Waals surface area contributed by atoms with Crippen LogP contribution in [0, 0.1) is 17.2 Å². The van der Waals surface area contributed by atoms with E-state index in [0.717, 1.165) is 64.3 Å². The van der Waals surface area contributed by atoms with E-state index in [1.165, 1.54) is 5.56 Å². The molecule has 0 saturated carbocycles. The fourth-order valence-corrected chi connectivity index (χ4v) is 4.78. The highest BCUT2D eigenvalue weighted by molar-refractivity contribution is 5.81. The number of hydrogen-bond acceptors (Lipinski definition) is 5. The minimum Gasteiger partial charge on any atom is -0.353 e. The lowest BCUT2D eigenvalue weighted by molar-refractivity contribution is -0.138. The molecule has 0 aliphatic carbocycles. The van der Waals surface area contributed by atoms with Crippen LogP contribution in [0.25, 0.3) is 0 Å². The molecule has 1 aromatic heterocycles. The number of nitrogens with zero attached hydrogens (tertiary/aromatic N) is 5. The van der Waals surface area contributed by atoms with Crippen LogP contribution in [-0.4, -0.2) is 66.0 Å². The van der Waals surface area contributed by atoms with Crippen LogP contribution < -0.4 is 4.90 Å². The van der Waals surface area contributed by atoms with Gasteiger partial charge in [-0.05, 0) is 49.8 Å². The van der Waals surface area contributed by atoms with E-state index in [1.54, 1.807) is 12.3 Å². The fourth-order valence-electron chi connectivity index (χ4n) is 4.78. The summed E-state index contributed by atoms with van der Waals surface area (Å²) in [5.74, 6) is 1.67. The van der Waals surface area contributed by atoms with Gasteiger partial charge in [-0.1, -0.05) is 30.3 Å². The zero-order valence-electron chi connectivity index (χ0n) is 18.3. The lowest BCUT2D eigenvalue weighted by Crippen LogP contribution is -2.55. The number of benzene rings is 1. The quantitative estimate of drug-likeness (QED) is 0.749. The van der Waals surface area contributed by atoms with Crippen molar-refractivity contribution < 1.29 is 4.79 Å². The Morgan fingerprint density at radius 1 is 1.06 bits per heavy atom. The van der Waals surface area contributed by atoms with Gasteiger partial charge in [0.15, 0.2) is 0 Å². The summed E-state index contributed by atoms with van der Waals surface area (Å²) < 4.78 is 0. The van der Waals surface area contributed by atoms with Crippen LogP contribution in [0.1, 0.15) is 30.9 Å². The van der Waals surface area contributed by atoms with Crippen molar-refractivity contribution in [2.45, 2.75) is 32.2 Å². The van der Waals surface area contributed by atoms with Gasteiger partial charge < -0.3 is 9.80 Å². The molecule has 1 unspecified atom stereocenters. The monoisotopic (exact) mass is 417 g/mol. The van der Waals surface area contributed by atoms with E-state index in [-0.39, 0.29) is 11.9 Å². The predicted octanol–water partition coefficient (Wildman–Crippen LogP) is 2.95. The molecule has 0 bridgehead atoms. The Labute approximate surface area is 185 Å². The molecule has 1 aromatic carbocycles. The Bertz CT molecular complexity index is 909. The third kappa shape index (κ3) is 5.05. The number of carbonyl (C=O) groups excluding carboxylic acids is 1. The summed E-state index contributed by atoms with van der Waals surface area (Å²) in [6, 6.07) is 16.4. The zero-order chi connectivity index (χ0) is 21.6. The molecule has 1 amide bonds. The van der Waals surface area contributed by atoms with Crippen LogP contribution in [0.2, 0.25) is 0 Å². The van der Waals surface area contributed by atoms with Crippen LogP contribution in [0.4, 0.5) is 5.82 Å². The SMILES string of the molecule is CC(C(=O)N1CCC(Cc2ccccc2)CC1)N1CCN(c2ncccc2C#N)CC1. The van der Waals surface area contributed by atoms with Gasteiger partial charge >= 0.3 is 0 Å². The average molecular weight is 418 g/mol. The van der Waals surface area contributed by atoms with Crippen molar-refractivity contribution in [2.75, 3.05) is 44.2 Å². The number of pyridine rings is 1. The lowest BCUT2D eigenvalue weighted by Gasteiger charge is -2.40. The predicted molar refractivity (Wildman–Crippen MR) is 122 cm³/mol. The maximum atomic E-state index is 13.1. The highest BCUT2D eigenvalue weighted by Gasteiger charge is 2.31. The number of anilines is 1. The molecule has 2 saturated heterocycles. The Hall–Kier alpha value is -2.91. The second-order valence-electron chi connectivity index (χ2n) is 8.64. The first-order valence-electron chi connectivity index (χ1n) is 11.3. The first-order chi connectivity index (χ1) is 15.2. The Kier molecular flexibility index (Phi) is 6.83. The minimum atomic E-state index is -0.105. The first kappa shape index (κ1) is 21.3. The highest BCUT2D eigenvalue weighted by Crippen LogP contribution is 2.23. The molecule has 6 nitrogen and oxygen atoms in total. The molecule has 2 aliphatic rings. The molecule has 0 N–H and O–H groups in total. The van der Waals surface area contributed by atoms with E-state index in [4.69, 9.17) is 0 Å². The van der Waals surface area contributed by atoms with Crippen molar-refractivity contribution in [3.8, 4) is 6.07 Å². The van der Waals surface area contributed by atoms with E-state index >= 15 is 0 Å². The summed E-state index contributed by atoms with van der Waals surface area (Å²) in [4.78, 5) is 24.0. The summed E-state index contributed by atoms with van der Waals surface area (Å²) in [5.41, 5.74) is 2.00. The van der Waals surface area contributed by atoms with Crippen molar-refractivity contribution in [1.29, 1.82) is 5.26 Å². The maximum Gasteiger partial charge on any atom is 0.239 e. The number of nitriles is 1. The third-order valence-electron chi connectivity index (χ3n) is 6.72. The van der Waals surface area contributed by atoms with Crippen molar-refractivity contribution in [3.63, 3.8) is 0 Å². The number of rotatable bonds is 5. The lowest BCUT2D eigenvalue weighted by atomic mass is 9.90. The number of likely N-dealkylation sites (tertiary alicyclic amines) is 1. The molecule has 2 aromatic rings. The molecular formula is C25H31N5O. The maximum absolute atomic E-state index is 13.1. The molecule has 2 aliphatic heterocycles. The second-order valence-corrected chi connectivity index (χ2v) is 8.64. The fraction of sp³-hybridized carbons (Fsp3) is 0.480. The van der Waals surface area contributed by atoms with Gasteiger partial charge in [-0.25, -0.2) is 4.98 Å². The second kappa shape index (κ2) is 9.93. The van der Waals surface area contributed by atoms with Crippen LogP contribution in [0.3, 0.4) is 0 Å². The van der Waals surface area contributed by atoms with Gasteiger partial charge in [0.1, 0.15) is 11.9 Å².